The van der Waals surface area contributed by atoms with E-state index in [1.165, 1.54) is 11.3 Å². The summed E-state index contributed by atoms with van der Waals surface area (Å²) in [5.74, 6) is 2.45. The number of methoxy groups -OCH3 is 2. The minimum Gasteiger partial charge on any atom is -0.496 e. The molecule has 0 saturated carbocycles. The van der Waals surface area contributed by atoms with E-state index in [1.807, 2.05) is 24.4 Å². The van der Waals surface area contributed by atoms with Crippen molar-refractivity contribution in [2.75, 3.05) is 38.8 Å². The van der Waals surface area contributed by atoms with Gasteiger partial charge in [-0.1, -0.05) is 11.3 Å². The Morgan fingerprint density at radius 2 is 2.15 bits per heavy atom. The molecule has 0 radical (unpaired) electrons. The van der Waals surface area contributed by atoms with Gasteiger partial charge in [0, 0.05) is 31.1 Å². The summed E-state index contributed by atoms with van der Waals surface area (Å²) in [4.78, 5) is 7.66. The summed E-state index contributed by atoms with van der Waals surface area (Å²) in [6.07, 6.45) is 4.04. The van der Waals surface area contributed by atoms with Gasteiger partial charge in [-0.2, -0.15) is 0 Å². The van der Waals surface area contributed by atoms with Gasteiger partial charge in [-0.05, 0) is 30.2 Å². The monoisotopic (exact) mass is 498 g/mol. The maximum atomic E-state index is 6.34. The quantitative estimate of drug-likeness (QED) is 0.324. The fourth-order valence-electron chi connectivity index (χ4n) is 4.22. The van der Waals surface area contributed by atoms with Crippen LogP contribution in [-0.2, 0) is 0 Å². The highest BCUT2D eigenvalue weighted by Gasteiger charge is 2.23. The minimum atomic E-state index is 0.395. The fraction of sp³-hybridized carbons (Fsp3) is 0.364. The number of nitrogens with zero attached hydrogens (tertiary/aromatic N) is 6. The largest absolute Gasteiger partial charge is 0.496 e. The van der Waals surface area contributed by atoms with Crippen molar-refractivity contribution in [2.24, 2.45) is 5.92 Å². The molecule has 1 saturated heterocycles. The highest BCUT2D eigenvalue weighted by atomic mass is 32.1. The topological polar surface area (TPSA) is 100 Å². The third-order valence-corrected chi connectivity index (χ3v) is 7.51. The lowest BCUT2D eigenvalue weighted by molar-refractivity contribution is 0.230. The van der Waals surface area contributed by atoms with Crippen LogP contribution in [0.25, 0.3) is 27.4 Å². The maximum absolute atomic E-state index is 6.34. The predicted molar refractivity (Wildman–Crippen MR) is 130 cm³/mol. The van der Waals surface area contributed by atoms with Gasteiger partial charge in [0.05, 0.1) is 32.4 Å². The third kappa shape index (κ3) is 3.92. The summed E-state index contributed by atoms with van der Waals surface area (Å²) in [6, 6.07) is 5.73. The molecule has 1 aliphatic heterocycles. The highest BCUT2D eigenvalue weighted by Crippen LogP contribution is 2.38. The molecule has 1 fully saturated rings. The van der Waals surface area contributed by atoms with Crippen molar-refractivity contribution < 1.29 is 18.6 Å². The molecule has 176 valence electrons. The summed E-state index contributed by atoms with van der Waals surface area (Å²) in [6.45, 7) is 2.51. The molecule has 0 unspecified atom stereocenters. The molecular formula is C22H22N6O4S2. The molecule has 0 N–H and O–H groups in total. The second-order valence-electron chi connectivity index (χ2n) is 8.06. The van der Waals surface area contributed by atoms with Crippen molar-refractivity contribution in [1.29, 1.82) is 0 Å². The van der Waals surface area contributed by atoms with E-state index in [1.54, 1.807) is 35.6 Å². The Kier molecular flexibility index (Phi) is 5.46. The van der Waals surface area contributed by atoms with E-state index in [9.17, 15) is 0 Å². The van der Waals surface area contributed by atoms with Gasteiger partial charge in [-0.25, -0.2) is 9.50 Å². The average molecular weight is 499 g/mol. The van der Waals surface area contributed by atoms with E-state index in [0.29, 0.717) is 40.5 Å². The number of hydrogen-bond donors (Lipinski definition) is 0. The fourth-order valence-corrected chi connectivity index (χ4v) is 5.51. The van der Waals surface area contributed by atoms with Crippen molar-refractivity contribution in [3.63, 3.8) is 0 Å². The zero-order valence-corrected chi connectivity index (χ0v) is 20.3. The maximum Gasteiger partial charge on any atom is 0.294 e. The highest BCUT2D eigenvalue weighted by molar-refractivity contribution is 7.18. The van der Waals surface area contributed by atoms with Crippen LogP contribution in [0, 0.1) is 5.92 Å². The molecule has 0 amide bonds. The van der Waals surface area contributed by atoms with Crippen LogP contribution in [0.3, 0.4) is 0 Å². The number of piperidine rings is 1. The number of fused-ring (bicyclic) bond motifs is 2. The number of ether oxygens (including phenoxy) is 3. The molecule has 1 atom stereocenters. The first-order valence-corrected chi connectivity index (χ1v) is 12.6. The summed E-state index contributed by atoms with van der Waals surface area (Å²) < 4.78 is 24.8. The van der Waals surface area contributed by atoms with E-state index in [-0.39, 0.29) is 0 Å². The lowest BCUT2D eigenvalue weighted by Gasteiger charge is -2.32. The Hall–Kier alpha value is -3.38. The average Bonchev–Trinajstić information content (AvgIpc) is 3.64. The second-order valence-corrected chi connectivity index (χ2v) is 9.79. The van der Waals surface area contributed by atoms with Crippen LogP contribution in [-0.4, -0.2) is 58.7 Å². The number of furan rings is 1. The zero-order valence-electron chi connectivity index (χ0n) is 18.6. The van der Waals surface area contributed by atoms with E-state index in [2.05, 4.69) is 25.2 Å². The second kappa shape index (κ2) is 8.76. The van der Waals surface area contributed by atoms with Gasteiger partial charge in [0.2, 0.25) is 10.1 Å². The van der Waals surface area contributed by atoms with Crippen LogP contribution in [0.5, 0.6) is 16.7 Å². The summed E-state index contributed by atoms with van der Waals surface area (Å²) in [5, 5.41) is 14.9. The van der Waals surface area contributed by atoms with Crippen LogP contribution < -0.4 is 19.1 Å². The predicted octanol–water partition coefficient (Wildman–Crippen LogP) is 4.37. The van der Waals surface area contributed by atoms with Gasteiger partial charge < -0.3 is 23.5 Å². The molecular weight excluding hydrogens is 476 g/mol. The molecule has 10 nitrogen and oxygen atoms in total. The van der Waals surface area contributed by atoms with Crippen molar-refractivity contribution in [3.8, 4) is 28.1 Å². The summed E-state index contributed by atoms with van der Waals surface area (Å²) in [5.41, 5.74) is 3.16. The number of hydrogen-bond acceptors (Lipinski definition) is 11. The number of rotatable bonds is 7. The van der Waals surface area contributed by atoms with E-state index >= 15 is 0 Å². The smallest absolute Gasteiger partial charge is 0.294 e. The van der Waals surface area contributed by atoms with Crippen LogP contribution >= 0.6 is 22.7 Å². The van der Waals surface area contributed by atoms with Gasteiger partial charge in [-0.3, -0.25) is 0 Å². The van der Waals surface area contributed by atoms with Crippen molar-refractivity contribution in [1.82, 2.24) is 24.8 Å². The Morgan fingerprint density at radius 3 is 2.94 bits per heavy atom. The number of anilines is 1. The molecule has 4 aromatic heterocycles. The Labute approximate surface area is 202 Å². The normalized spacial score (nSPS) is 16.4. The van der Waals surface area contributed by atoms with Crippen LogP contribution in [0.1, 0.15) is 12.8 Å². The van der Waals surface area contributed by atoms with E-state index in [0.717, 1.165) is 47.2 Å². The molecule has 12 heteroatoms. The van der Waals surface area contributed by atoms with Gasteiger partial charge in [-0.15, -0.1) is 15.3 Å². The van der Waals surface area contributed by atoms with Crippen LogP contribution in [0.2, 0.25) is 0 Å². The molecule has 1 aromatic carbocycles. The zero-order chi connectivity index (χ0) is 23.1. The van der Waals surface area contributed by atoms with Crippen molar-refractivity contribution in [2.45, 2.75) is 12.8 Å². The molecule has 5 heterocycles. The van der Waals surface area contributed by atoms with Crippen molar-refractivity contribution >= 4 is 43.7 Å². The first-order chi connectivity index (χ1) is 16.7. The molecule has 0 bridgehead atoms. The van der Waals surface area contributed by atoms with Gasteiger partial charge >= 0.3 is 0 Å². The summed E-state index contributed by atoms with van der Waals surface area (Å²) in [7, 11) is 3.23. The number of aromatic nitrogens is 5. The SMILES string of the molecule is COc1cc(OC[C@H]2CCCN(c3nncs3)C2)c2cc(-c3cn4nc(OC)sc4n3)oc2c1. The lowest BCUT2D eigenvalue weighted by atomic mass is 9.99. The first kappa shape index (κ1) is 21.2. The Balaban J connectivity index is 1.25. The van der Waals surface area contributed by atoms with Gasteiger partial charge in [0.25, 0.3) is 5.19 Å². The standard InChI is InChI=1S/C22H22N6O4S2/c1-29-14-6-17(31-11-13-4-3-5-27(9-13)21-25-23-12-33-21)15-8-19(32-18(15)7-14)16-10-28-20(24-16)34-22(26-28)30-2/h6-8,10,12-13H,3-5,9,11H2,1-2H3/t13-/m0/s1. The molecule has 6 rings (SSSR count). The molecule has 5 aromatic rings. The molecule has 1 aliphatic rings. The first-order valence-electron chi connectivity index (χ1n) is 10.9. The van der Waals surface area contributed by atoms with E-state index in [4.69, 9.17) is 18.6 Å². The number of benzene rings is 1. The Bertz CT molecular complexity index is 1390. The van der Waals surface area contributed by atoms with Gasteiger partial charge in [0.15, 0.2) is 5.76 Å². The molecule has 34 heavy (non-hydrogen) atoms. The number of imidazole rings is 1. The minimum absolute atomic E-state index is 0.395. The lowest BCUT2D eigenvalue weighted by Crippen LogP contribution is -2.37. The molecule has 0 aliphatic carbocycles. The Morgan fingerprint density at radius 1 is 1.21 bits per heavy atom. The van der Waals surface area contributed by atoms with Crippen LogP contribution in [0.15, 0.2) is 34.3 Å². The van der Waals surface area contributed by atoms with Gasteiger partial charge in [0.1, 0.15) is 28.3 Å². The van der Waals surface area contributed by atoms with Crippen LogP contribution in [0.4, 0.5) is 5.13 Å². The van der Waals surface area contributed by atoms with Crippen molar-refractivity contribution in [3.05, 3.63) is 29.9 Å². The van der Waals surface area contributed by atoms with E-state index < -0.39 is 0 Å². The summed E-state index contributed by atoms with van der Waals surface area (Å²) >= 11 is 2.95. The molecule has 0 spiro atoms. The third-order valence-electron chi connectivity index (χ3n) is 5.87.